The largest absolute Gasteiger partial charge is 0.443 e. The van der Waals surface area contributed by atoms with Gasteiger partial charge in [0, 0.05) is 22.3 Å². The van der Waals surface area contributed by atoms with Crippen LogP contribution in [0.1, 0.15) is 33.3 Å². The maximum Gasteiger partial charge on any atom is 0.426 e. The number of urea groups is 1. The minimum Gasteiger partial charge on any atom is -0.443 e. The Morgan fingerprint density at radius 1 is 1.19 bits per heavy atom. The number of hydrogen-bond acceptors (Lipinski definition) is 6. The fourth-order valence-electron chi connectivity index (χ4n) is 3.50. The molecule has 0 bridgehead atoms. The average molecular weight is 537 g/mol. The Labute approximate surface area is 217 Å². The quantitative estimate of drug-likeness (QED) is 0.400. The summed E-state index contributed by atoms with van der Waals surface area (Å²) in [5.74, 6) is -1.92. The summed E-state index contributed by atoms with van der Waals surface area (Å²) in [4.78, 5) is 29.9. The molecule has 0 radical (unpaired) electrons. The van der Waals surface area contributed by atoms with E-state index in [0.717, 1.165) is 17.1 Å². The van der Waals surface area contributed by atoms with Gasteiger partial charge in [0.05, 0.1) is 12.6 Å². The lowest BCUT2D eigenvalue weighted by molar-refractivity contribution is -0.0634. The molecule has 3 rings (SSSR count). The monoisotopic (exact) mass is 536 g/mol. The van der Waals surface area contributed by atoms with E-state index in [4.69, 9.17) is 16.3 Å². The van der Waals surface area contributed by atoms with Gasteiger partial charge in [-0.2, -0.15) is 5.10 Å². The minimum absolute atomic E-state index is 0.324. The maximum absolute atomic E-state index is 15.0. The van der Waals surface area contributed by atoms with Crippen molar-refractivity contribution in [1.82, 2.24) is 25.2 Å². The number of carbonyl (C=O) groups is 2. The molecule has 0 aliphatic rings. The van der Waals surface area contributed by atoms with E-state index < -0.39 is 47.5 Å². The van der Waals surface area contributed by atoms with E-state index in [9.17, 15) is 23.5 Å². The number of hydrogen-bond donors (Lipinski definition) is 3. The van der Waals surface area contributed by atoms with Crippen molar-refractivity contribution >= 4 is 29.4 Å². The predicted molar refractivity (Wildman–Crippen MR) is 131 cm³/mol. The van der Waals surface area contributed by atoms with Crippen molar-refractivity contribution in [1.29, 1.82) is 0 Å². The number of benzene rings is 2. The summed E-state index contributed by atoms with van der Waals surface area (Å²) in [7, 11) is 0. The van der Waals surface area contributed by atoms with Crippen LogP contribution in [-0.2, 0) is 16.9 Å². The molecule has 0 fully saturated rings. The zero-order valence-electron chi connectivity index (χ0n) is 20.6. The number of ether oxygens (including phenoxy) is 1. The lowest BCUT2D eigenvalue weighted by Gasteiger charge is -2.41. The van der Waals surface area contributed by atoms with Gasteiger partial charge in [0.2, 0.25) is 0 Å². The third kappa shape index (κ3) is 7.14. The third-order valence-electron chi connectivity index (χ3n) is 5.27. The van der Waals surface area contributed by atoms with Crippen molar-refractivity contribution in [2.75, 3.05) is 5.32 Å². The van der Waals surface area contributed by atoms with Gasteiger partial charge in [0.15, 0.2) is 0 Å². The smallest absolute Gasteiger partial charge is 0.426 e. The SMILES string of the molecule is CC(N(NC(=O)OC(C)(C)C)C(=O)Nc1ccc(Cl)cc1)C(O)(Cn1cncn1)c1ccc(F)cc1F. The molecule has 2 aromatic carbocycles. The normalized spacial score (nSPS) is 13.8. The lowest BCUT2D eigenvalue weighted by Crippen LogP contribution is -2.61. The van der Waals surface area contributed by atoms with Gasteiger partial charge in [0.1, 0.15) is 35.5 Å². The van der Waals surface area contributed by atoms with Crippen LogP contribution >= 0.6 is 11.6 Å². The average Bonchev–Trinajstić information content (AvgIpc) is 3.30. The number of nitrogens with one attached hydrogen (secondary N) is 2. The standard InChI is InChI=1S/C24H27ClF2N6O4/c1-15(24(36,12-32-14-28-13-29-32)19-10-7-17(26)11-20(19)27)33(31-22(35)37-23(2,3)4)21(34)30-18-8-5-16(25)6-9-18/h5-11,13-15,36H,12H2,1-4H3,(H,30,34)(H,31,35). The first-order valence-electron chi connectivity index (χ1n) is 11.1. The fourth-order valence-corrected chi connectivity index (χ4v) is 3.62. The number of anilines is 1. The molecular weight excluding hydrogens is 510 g/mol. The summed E-state index contributed by atoms with van der Waals surface area (Å²) >= 11 is 5.91. The second-order valence-electron chi connectivity index (χ2n) is 9.24. The van der Waals surface area contributed by atoms with E-state index in [1.807, 2.05) is 0 Å². The Morgan fingerprint density at radius 3 is 2.43 bits per heavy atom. The molecule has 13 heteroatoms. The van der Waals surface area contributed by atoms with Crippen LogP contribution < -0.4 is 10.7 Å². The molecule has 198 valence electrons. The van der Waals surface area contributed by atoms with Gasteiger partial charge in [-0.25, -0.2) is 38.5 Å². The molecule has 3 aromatic rings. The zero-order chi connectivity index (χ0) is 27.4. The van der Waals surface area contributed by atoms with Crippen molar-refractivity contribution in [3.05, 3.63) is 77.3 Å². The molecule has 10 nitrogen and oxygen atoms in total. The van der Waals surface area contributed by atoms with Crippen molar-refractivity contribution < 1.29 is 28.2 Å². The first-order valence-corrected chi connectivity index (χ1v) is 11.5. The second-order valence-corrected chi connectivity index (χ2v) is 9.67. The Morgan fingerprint density at radius 2 is 1.86 bits per heavy atom. The van der Waals surface area contributed by atoms with Crippen LogP contribution in [0.4, 0.5) is 24.1 Å². The highest BCUT2D eigenvalue weighted by molar-refractivity contribution is 6.30. The molecule has 0 saturated heterocycles. The van der Waals surface area contributed by atoms with Gasteiger partial charge in [-0.1, -0.05) is 17.7 Å². The fraction of sp³-hybridized carbons (Fsp3) is 0.333. The summed E-state index contributed by atoms with van der Waals surface area (Å²) in [6.45, 7) is 5.85. The number of nitrogens with zero attached hydrogens (tertiary/aromatic N) is 4. The highest BCUT2D eigenvalue weighted by atomic mass is 35.5. The molecule has 3 amide bonds. The van der Waals surface area contributed by atoms with Crippen molar-refractivity contribution in [3.63, 3.8) is 0 Å². The van der Waals surface area contributed by atoms with E-state index in [0.29, 0.717) is 16.8 Å². The van der Waals surface area contributed by atoms with Crippen molar-refractivity contribution in [2.45, 2.75) is 51.5 Å². The first-order chi connectivity index (χ1) is 17.3. The number of aromatic nitrogens is 3. The molecule has 2 atom stereocenters. The topological polar surface area (TPSA) is 122 Å². The molecular formula is C24H27ClF2N6O4. The Bertz CT molecular complexity index is 1240. The van der Waals surface area contributed by atoms with Gasteiger partial charge in [-0.05, 0) is 58.0 Å². The molecule has 1 aromatic heterocycles. The summed E-state index contributed by atoms with van der Waals surface area (Å²) in [5.41, 5.74) is -0.843. The number of rotatable bonds is 6. The van der Waals surface area contributed by atoms with E-state index in [1.165, 1.54) is 36.4 Å². The zero-order valence-corrected chi connectivity index (χ0v) is 21.3. The minimum atomic E-state index is -2.24. The molecule has 1 heterocycles. The number of aliphatic hydroxyl groups is 1. The molecule has 37 heavy (non-hydrogen) atoms. The summed E-state index contributed by atoms with van der Waals surface area (Å²) < 4.78 is 35.2. The molecule has 0 aliphatic carbocycles. The summed E-state index contributed by atoms with van der Waals surface area (Å²) in [5, 5.41) is 19.6. The van der Waals surface area contributed by atoms with E-state index >= 15 is 0 Å². The van der Waals surface area contributed by atoms with Gasteiger partial charge < -0.3 is 15.2 Å². The van der Waals surface area contributed by atoms with Crippen molar-refractivity contribution in [2.24, 2.45) is 0 Å². The van der Waals surface area contributed by atoms with Crippen LogP contribution in [0.3, 0.4) is 0 Å². The Hall–Kier alpha value is -3.77. The number of hydrazine groups is 1. The van der Waals surface area contributed by atoms with Gasteiger partial charge in [0.25, 0.3) is 0 Å². The first kappa shape index (κ1) is 27.8. The van der Waals surface area contributed by atoms with Gasteiger partial charge in [-0.3, -0.25) is 0 Å². The van der Waals surface area contributed by atoms with Crippen LogP contribution in [0.5, 0.6) is 0 Å². The third-order valence-corrected chi connectivity index (χ3v) is 5.52. The van der Waals surface area contributed by atoms with E-state index in [2.05, 4.69) is 20.8 Å². The highest BCUT2D eigenvalue weighted by Crippen LogP contribution is 2.33. The van der Waals surface area contributed by atoms with E-state index in [1.54, 1.807) is 32.9 Å². The molecule has 2 unspecified atom stereocenters. The Balaban J connectivity index is 2.04. The highest BCUT2D eigenvalue weighted by Gasteiger charge is 2.45. The molecule has 0 aliphatic heterocycles. The summed E-state index contributed by atoms with van der Waals surface area (Å²) in [6, 6.07) is 6.51. The second kappa shape index (κ2) is 11.1. The number of halogens is 3. The van der Waals surface area contributed by atoms with Crippen LogP contribution in [-0.4, -0.2) is 48.6 Å². The predicted octanol–water partition coefficient (Wildman–Crippen LogP) is 4.46. The van der Waals surface area contributed by atoms with Crippen LogP contribution in [0.25, 0.3) is 0 Å². The number of amides is 3. The van der Waals surface area contributed by atoms with Crippen LogP contribution in [0.2, 0.25) is 5.02 Å². The Kier molecular flexibility index (Phi) is 8.34. The van der Waals surface area contributed by atoms with Crippen molar-refractivity contribution in [3.8, 4) is 0 Å². The molecule has 0 spiro atoms. The van der Waals surface area contributed by atoms with E-state index in [-0.39, 0.29) is 5.56 Å². The molecule has 3 N–H and O–H groups in total. The molecule has 0 saturated carbocycles. The lowest BCUT2D eigenvalue weighted by atomic mass is 9.86. The van der Waals surface area contributed by atoms with Gasteiger partial charge in [-0.15, -0.1) is 0 Å². The van der Waals surface area contributed by atoms with Gasteiger partial charge >= 0.3 is 12.1 Å². The van der Waals surface area contributed by atoms with Crippen LogP contribution in [0, 0.1) is 11.6 Å². The summed E-state index contributed by atoms with van der Waals surface area (Å²) in [6.07, 6.45) is 1.47. The van der Waals surface area contributed by atoms with Crippen LogP contribution in [0.15, 0.2) is 55.1 Å². The number of carbonyl (C=O) groups excluding carboxylic acids is 2. The maximum atomic E-state index is 15.0.